The van der Waals surface area contributed by atoms with E-state index in [1.54, 1.807) is 0 Å². The van der Waals surface area contributed by atoms with E-state index in [2.05, 4.69) is 10.0 Å². The molecule has 3 atom stereocenters. The van der Waals surface area contributed by atoms with Crippen molar-refractivity contribution in [2.45, 2.75) is 61.7 Å². The van der Waals surface area contributed by atoms with Crippen LogP contribution in [0.15, 0.2) is 29.2 Å². The van der Waals surface area contributed by atoms with Gasteiger partial charge in [0.1, 0.15) is 11.9 Å². The molecule has 1 heterocycles. The molecular formula is C19H27FN2O5S. The zero-order valence-corrected chi connectivity index (χ0v) is 16.5. The van der Waals surface area contributed by atoms with E-state index in [0.717, 1.165) is 31.4 Å². The first-order chi connectivity index (χ1) is 13.4. The summed E-state index contributed by atoms with van der Waals surface area (Å²) in [6.45, 7) is -0.0327. The van der Waals surface area contributed by atoms with Gasteiger partial charge in [-0.05, 0) is 56.4 Å². The molecule has 0 radical (unpaired) electrons. The van der Waals surface area contributed by atoms with Gasteiger partial charge in [-0.25, -0.2) is 17.5 Å². The molecule has 156 valence electrons. The molecule has 0 unspecified atom stereocenters. The van der Waals surface area contributed by atoms with Crippen molar-refractivity contribution in [3.63, 3.8) is 0 Å². The normalized spacial score (nSPS) is 25.9. The molecule has 0 bridgehead atoms. The number of nitrogens with one attached hydrogen (secondary N) is 2. The van der Waals surface area contributed by atoms with Crippen LogP contribution in [-0.2, 0) is 19.6 Å². The summed E-state index contributed by atoms with van der Waals surface area (Å²) < 4.78 is 45.7. The van der Waals surface area contributed by atoms with Crippen LogP contribution < -0.4 is 10.0 Å². The Morgan fingerprint density at radius 1 is 1.18 bits per heavy atom. The molecule has 1 saturated carbocycles. The Bertz CT molecular complexity index is 767. The number of aliphatic hydroxyl groups is 1. The number of sulfonamides is 1. The van der Waals surface area contributed by atoms with Gasteiger partial charge in [0.2, 0.25) is 15.9 Å². The largest absolute Gasteiger partial charge is 0.394 e. The van der Waals surface area contributed by atoms with Crippen molar-refractivity contribution < 1.29 is 27.4 Å². The summed E-state index contributed by atoms with van der Waals surface area (Å²) in [7, 11) is -3.71. The standard InChI is InChI=1S/C19H27FN2O5S/c20-14-4-7-16(8-5-14)28(25,26)21-11-10-15-6-9-17(18(12-23)27-15)22-19(24)13-2-1-3-13/h4-5,7-8,13,15,17-18,21,23H,1-3,6,9-12H2,(H,22,24)/t15-,17-,18-/m0/s1. The Balaban J connectivity index is 1.45. The highest BCUT2D eigenvalue weighted by atomic mass is 32.2. The van der Waals surface area contributed by atoms with Gasteiger partial charge in [0.25, 0.3) is 0 Å². The number of carbonyl (C=O) groups is 1. The highest BCUT2D eigenvalue weighted by Crippen LogP contribution is 2.28. The van der Waals surface area contributed by atoms with E-state index < -0.39 is 21.9 Å². The van der Waals surface area contributed by atoms with E-state index in [4.69, 9.17) is 4.74 Å². The number of carbonyl (C=O) groups excluding carboxylic acids is 1. The lowest BCUT2D eigenvalue weighted by Crippen LogP contribution is -2.53. The van der Waals surface area contributed by atoms with Gasteiger partial charge in [0.05, 0.1) is 23.6 Å². The number of halogens is 1. The molecule has 1 amide bonds. The van der Waals surface area contributed by atoms with Crippen LogP contribution >= 0.6 is 0 Å². The van der Waals surface area contributed by atoms with Crippen LogP contribution in [0.5, 0.6) is 0 Å². The minimum absolute atomic E-state index is 0.00506. The van der Waals surface area contributed by atoms with Crippen molar-refractivity contribution in [2.24, 2.45) is 5.92 Å². The van der Waals surface area contributed by atoms with Gasteiger partial charge >= 0.3 is 0 Å². The van der Waals surface area contributed by atoms with Crippen molar-refractivity contribution in [2.75, 3.05) is 13.2 Å². The number of ether oxygens (including phenoxy) is 1. The third kappa shape index (κ3) is 5.28. The van der Waals surface area contributed by atoms with Crippen LogP contribution in [0.1, 0.15) is 38.5 Å². The van der Waals surface area contributed by atoms with Gasteiger partial charge in [-0.3, -0.25) is 4.79 Å². The molecule has 1 aliphatic carbocycles. The predicted molar refractivity (Wildman–Crippen MR) is 100 cm³/mol. The van der Waals surface area contributed by atoms with Crippen molar-refractivity contribution in [3.05, 3.63) is 30.1 Å². The monoisotopic (exact) mass is 414 g/mol. The molecule has 3 rings (SSSR count). The van der Waals surface area contributed by atoms with Gasteiger partial charge < -0.3 is 15.2 Å². The van der Waals surface area contributed by atoms with Crippen LogP contribution in [0, 0.1) is 11.7 Å². The summed E-state index contributed by atoms with van der Waals surface area (Å²) in [5.41, 5.74) is 0. The number of aliphatic hydroxyl groups excluding tert-OH is 1. The lowest BCUT2D eigenvalue weighted by atomic mass is 9.84. The minimum Gasteiger partial charge on any atom is -0.394 e. The Morgan fingerprint density at radius 3 is 2.50 bits per heavy atom. The van der Waals surface area contributed by atoms with Crippen molar-refractivity contribution in [1.29, 1.82) is 0 Å². The summed E-state index contributed by atoms with van der Waals surface area (Å²) >= 11 is 0. The number of rotatable bonds is 8. The van der Waals surface area contributed by atoms with Crippen LogP contribution in [0.3, 0.4) is 0 Å². The second-order valence-electron chi connectivity index (χ2n) is 7.44. The predicted octanol–water partition coefficient (Wildman–Crippen LogP) is 1.32. The van der Waals surface area contributed by atoms with E-state index in [1.807, 2.05) is 0 Å². The van der Waals surface area contributed by atoms with E-state index in [-0.39, 0.29) is 42.0 Å². The maximum Gasteiger partial charge on any atom is 0.240 e. The Morgan fingerprint density at radius 2 is 1.89 bits per heavy atom. The zero-order chi connectivity index (χ0) is 20.1. The van der Waals surface area contributed by atoms with Gasteiger partial charge in [-0.2, -0.15) is 0 Å². The van der Waals surface area contributed by atoms with Crippen LogP contribution in [0.25, 0.3) is 0 Å². The molecule has 1 aromatic carbocycles. The second-order valence-corrected chi connectivity index (χ2v) is 9.21. The Hall–Kier alpha value is -1.55. The topological polar surface area (TPSA) is 105 Å². The SMILES string of the molecule is O=C(N[C@H]1CC[C@@H](CCNS(=O)(=O)c2ccc(F)cc2)O[C@H]1CO)C1CCC1. The van der Waals surface area contributed by atoms with Gasteiger partial charge in [-0.1, -0.05) is 6.42 Å². The third-order valence-electron chi connectivity index (χ3n) is 5.48. The lowest BCUT2D eigenvalue weighted by Gasteiger charge is -2.37. The first-order valence-corrected chi connectivity index (χ1v) is 11.2. The Kier molecular flexibility index (Phi) is 7.03. The number of hydrogen-bond donors (Lipinski definition) is 3. The second kappa shape index (κ2) is 9.30. The quantitative estimate of drug-likeness (QED) is 0.595. The molecule has 2 fully saturated rings. The maximum absolute atomic E-state index is 12.9. The van der Waals surface area contributed by atoms with Crippen molar-refractivity contribution >= 4 is 15.9 Å². The first kappa shape index (κ1) is 21.2. The Labute approximate surface area is 164 Å². The molecule has 1 saturated heterocycles. The van der Waals surface area contributed by atoms with Gasteiger partial charge in [0.15, 0.2) is 0 Å². The maximum atomic E-state index is 12.9. The lowest BCUT2D eigenvalue weighted by molar-refractivity contribution is -0.134. The molecule has 9 heteroatoms. The van der Waals surface area contributed by atoms with Crippen LogP contribution in [0.4, 0.5) is 4.39 Å². The van der Waals surface area contributed by atoms with Crippen LogP contribution in [-0.4, -0.2) is 50.8 Å². The van der Waals surface area contributed by atoms with E-state index >= 15 is 0 Å². The molecule has 0 aromatic heterocycles. The highest BCUT2D eigenvalue weighted by molar-refractivity contribution is 7.89. The van der Waals surface area contributed by atoms with Gasteiger partial charge in [0, 0.05) is 12.5 Å². The summed E-state index contributed by atoms with van der Waals surface area (Å²) in [5, 5.41) is 12.6. The number of hydrogen-bond acceptors (Lipinski definition) is 5. The highest BCUT2D eigenvalue weighted by Gasteiger charge is 2.34. The molecule has 7 nitrogen and oxygen atoms in total. The molecular weight excluding hydrogens is 387 g/mol. The van der Waals surface area contributed by atoms with E-state index in [0.29, 0.717) is 19.3 Å². The van der Waals surface area contributed by atoms with Gasteiger partial charge in [-0.15, -0.1) is 0 Å². The molecule has 2 aliphatic rings. The average Bonchev–Trinajstić information content (AvgIpc) is 2.61. The molecule has 1 aromatic rings. The fraction of sp³-hybridized carbons (Fsp3) is 0.632. The minimum atomic E-state index is -3.71. The first-order valence-electron chi connectivity index (χ1n) is 9.71. The van der Waals surface area contributed by atoms with Crippen LogP contribution in [0.2, 0.25) is 0 Å². The fourth-order valence-electron chi connectivity index (χ4n) is 3.53. The van der Waals surface area contributed by atoms with E-state index in [9.17, 15) is 22.7 Å². The molecule has 3 N–H and O–H groups in total. The number of amides is 1. The molecule has 0 spiro atoms. The summed E-state index contributed by atoms with van der Waals surface area (Å²) in [4.78, 5) is 12.1. The third-order valence-corrected chi connectivity index (χ3v) is 6.96. The van der Waals surface area contributed by atoms with Crippen molar-refractivity contribution in [3.8, 4) is 0 Å². The average molecular weight is 414 g/mol. The van der Waals surface area contributed by atoms with E-state index in [1.165, 1.54) is 12.1 Å². The zero-order valence-electron chi connectivity index (χ0n) is 15.6. The molecule has 1 aliphatic heterocycles. The number of benzene rings is 1. The smallest absolute Gasteiger partial charge is 0.240 e. The molecule has 28 heavy (non-hydrogen) atoms. The summed E-state index contributed by atoms with van der Waals surface area (Å²) in [6, 6.07) is 4.41. The summed E-state index contributed by atoms with van der Waals surface area (Å²) in [6.07, 6.45) is 4.02. The fourth-order valence-corrected chi connectivity index (χ4v) is 4.58. The van der Waals surface area contributed by atoms with Crippen molar-refractivity contribution in [1.82, 2.24) is 10.0 Å². The summed E-state index contributed by atoms with van der Waals surface area (Å²) in [5.74, 6) is -0.384.